The lowest BCUT2D eigenvalue weighted by atomic mass is 9.97. The number of aromatic nitrogens is 2. The summed E-state index contributed by atoms with van der Waals surface area (Å²) >= 11 is 0. The second-order valence-electron chi connectivity index (χ2n) is 6.25. The second-order valence-corrected chi connectivity index (χ2v) is 6.25. The van der Waals surface area contributed by atoms with E-state index >= 15 is 0 Å². The normalized spacial score (nSPS) is 26.8. The third kappa shape index (κ3) is 2.26. The van der Waals surface area contributed by atoms with Gasteiger partial charge in [-0.25, -0.2) is 4.98 Å². The first-order valence-corrected chi connectivity index (χ1v) is 7.70. The second kappa shape index (κ2) is 5.15. The Morgan fingerprint density at radius 3 is 3.14 bits per heavy atom. The molecular formula is C17H18N4O. The number of hydrogen-bond acceptors (Lipinski definition) is 3. The van der Waals surface area contributed by atoms with Crippen molar-refractivity contribution in [3.63, 3.8) is 0 Å². The third-order valence-corrected chi connectivity index (χ3v) is 4.73. The van der Waals surface area contributed by atoms with Crippen LogP contribution in [-0.4, -0.2) is 45.9 Å². The molecule has 0 radical (unpaired) electrons. The maximum absolute atomic E-state index is 12.4. The number of amides is 1. The summed E-state index contributed by atoms with van der Waals surface area (Å²) in [6, 6.07) is 5.78. The molecule has 2 aliphatic heterocycles. The van der Waals surface area contributed by atoms with Crippen LogP contribution in [0.5, 0.6) is 0 Å². The van der Waals surface area contributed by atoms with Crippen molar-refractivity contribution < 1.29 is 4.79 Å². The zero-order valence-electron chi connectivity index (χ0n) is 12.3. The Bertz CT molecular complexity index is 761. The first-order valence-electron chi connectivity index (χ1n) is 7.70. The molecule has 1 amide bonds. The van der Waals surface area contributed by atoms with Crippen LogP contribution in [0.1, 0.15) is 29.0 Å². The van der Waals surface area contributed by atoms with Crippen molar-refractivity contribution >= 4 is 11.4 Å². The van der Waals surface area contributed by atoms with Crippen LogP contribution in [0.3, 0.4) is 0 Å². The lowest BCUT2D eigenvalue weighted by molar-refractivity contribution is 0.0904. The average Bonchev–Trinajstić information content (AvgIpc) is 3.09. The number of nitrogens with zero attached hydrogens (tertiary/aromatic N) is 3. The van der Waals surface area contributed by atoms with E-state index in [1.54, 1.807) is 12.4 Å². The van der Waals surface area contributed by atoms with Gasteiger partial charge in [-0.05, 0) is 43.5 Å². The van der Waals surface area contributed by atoms with E-state index in [9.17, 15) is 4.79 Å². The highest BCUT2D eigenvalue weighted by Gasteiger charge is 2.33. The van der Waals surface area contributed by atoms with Gasteiger partial charge in [0.2, 0.25) is 0 Å². The van der Waals surface area contributed by atoms with Crippen molar-refractivity contribution in [2.24, 2.45) is 5.92 Å². The molecule has 5 nitrogen and oxygen atoms in total. The van der Waals surface area contributed by atoms with Gasteiger partial charge in [-0.1, -0.05) is 5.92 Å². The van der Waals surface area contributed by atoms with Gasteiger partial charge in [0.1, 0.15) is 12.0 Å². The van der Waals surface area contributed by atoms with Crippen LogP contribution in [-0.2, 0) is 0 Å². The van der Waals surface area contributed by atoms with Gasteiger partial charge >= 0.3 is 0 Å². The van der Waals surface area contributed by atoms with Crippen LogP contribution in [0.4, 0.5) is 0 Å². The van der Waals surface area contributed by atoms with Gasteiger partial charge in [-0.2, -0.15) is 0 Å². The number of piperidine rings is 1. The maximum atomic E-state index is 12.4. The zero-order chi connectivity index (χ0) is 15.1. The fourth-order valence-electron chi connectivity index (χ4n) is 3.67. The predicted octanol–water partition coefficient (Wildman–Crippen LogP) is 1.14. The van der Waals surface area contributed by atoms with Gasteiger partial charge < -0.3 is 10.2 Å². The highest BCUT2D eigenvalue weighted by atomic mass is 16.1. The Morgan fingerprint density at radius 1 is 1.41 bits per heavy atom. The van der Waals surface area contributed by atoms with Gasteiger partial charge in [0.05, 0.1) is 11.2 Å². The van der Waals surface area contributed by atoms with Crippen LogP contribution in [0.25, 0.3) is 5.52 Å². The lowest BCUT2D eigenvalue weighted by Gasteiger charge is -2.30. The summed E-state index contributed by atoms with van der Waals surface area (Å²) in [5.74, 6) is 3.23. The molecule has 112 valence electrons. The molecule has 1 unspecified atom stereocenters. The smallest absolute Gasteiger partial charge is 0.270 e. The standard InChI is InChI=1S/C17H18N4O/c1-2-14-3-4-15-8-16(18-11-21(14)15)17(22)19-13-7-12-5-6-20(9-12)10-13/h1,3-4,8,11-13H,5-7,9-10H2,(H,19,22)/t12-,13+/m0/s1. The minimum absolute atomic E-state index is 0.0987. The van der Waals surface area contributed by atoms with E-state index < -0.39 is 0 Å². The van der Waals surface area contributed by atoms with Gasteiger partial charge in [0, 0.05) is 19.1 Å². The zero-order valence-corrected chi connectivity index (χ0v) is 12.3. The van der Waals surface area contributed by atoms with E-state index in [1.807, 2.05) is 16.5 Å². The van der Waals surface area contributed by atoms with E-state index in [-0.39, 0.29) is 11.9 Å². The Hall–Kier alpha value is -2.32. The summed E-state index contributed by atoms with van der Waals surface area (Å²) in [6.45, 7) is 3.31. The SMILES string of the molecule is C#Cc1ccc2cc(C(=O)N[C@@H]3C[C@@H]4CCN(C4)C3)ncn12. The maximum Gasteiger partial charge on any atom is 0.270 e. The van der Waals surface area contributed by atoms with Gasteiger partial charge in [0.15, 0.2) is 0 Å². The highest BCUT2D eigenvalue weighted by molar-refractivity contribution is 5.93. The van der Waals surface area contributed by atoms with E-state index in [0.717, 1.165) is 30.1 Å². The topological polar surface area (TPSA) is 49.6 Å². The highest BCUT2D eigenvalue weighted by Crippen LogP contribution is 2.26. The summed E-state index contributed by atoms with van der Waals surface area (Å²) in [4.78, 5) is 19.1. The Labute approximate surface area is 129 Å². The van der Waals surface area contributed by atoms with Crippen LogP contribution < -0.4 is 5.32 Å². The summed E-state index contributed by atoms with van der Waals surface area (Å²) < 4.78 is 1.81. The fraction of sp³-hybridized carbons (Fsp3) is 0.412. The molecule has 2 aromatic heterocycles. The van der Waals surface area contributed by atoms with Crippen molar-refractivity contribution in [1.82, 2.24) is 19.6 Å². The summed E-state index contributed by atoms with van der Waals surface area (Å²) in [6.07, 6.45) is 9.39. The molecule has 2 fully saturated rings. The Kier molecular flexibility index (Phi) is 3.12. The van der Waals surface area contributed by atoms with Crippen molar-refractivity contribution in [2.45, 2.75) is 18.9 Å². The van der Waals surface area contributed by atoms with Crippen LogP contribution in [0.2, 0.25) is 0 Å². The first-order chi connectivity index (χ1) is 10.7. The van der Waals surface area contributed by atoms with E-state index in [0.29, 0.717) is 5.69 Å². The van der Waals surface area contributed by atoms with Crippen molar-refractivity contribution in [3.8, 4) is 12.3 Å². The number of terminal acetylenes is 1. The van der Waals surface area contributed by atoms with Crippen molar-refractivity contribution in [1.29, 1.82) is 0 Å². The number of rotatable bonds is 2. The largest absolute Gasteiger partial charge is 0.347 e. The van der Waals surface area contributed by atoms with Crippen molar-refractivity contribution in [3.05, 3.63) is 35.9 Å². The van der Waals surface area contributed by atoms with Gasteiger partial charge in [-0.15, -0.1) is 6.42 Å². The number of carbonyl (C=O) groups is 1. The molecule has 2 aliphatic rings. The molecule has 1 N–H and O–H groups in total. The first kappa shape index (κ1) is 13.4. The molecule has 0 saturated carbocycles. The van der Waals surface area contributed by atoms with Gasteiger partial charge in [-0.3, -0.25) is 9.20 Å². The Morgan fingerprint density at radius 2 is 2.32 bits per heavy atom. The summed E-state index contributed by atoms with van der Waals surface area (Å²) in [5.41, 5.74) is 2.08. The molecule has 4 heterocycles. The molecule has 4 rings (SSSR count). The minimum atomic E-state index is -0.0987. The summed E-state index contributed by atoms with van der Waals surface area (Å²) in [5, 5.41) is 3.13. The molecule has 2 saturated heterocycles. The molecule has 0 aliphatic carbocycles. The molecule has 0 aromatic carbocycles. The number of nitrogens with one attached hydrogen (secondary N) is 1. The predicted molar refractivity (Wildman–Crippen MR) is 83.5 cm³/mol. The van der Waals surface area contributed by atoms with Crippen LogP contribution in [0.15, 0.2) is 24.5 Å². The fourth-order valence-corrected chi connectivity index (χ4v) is 3.67. The molecule has 3 atom stereocenters. The monoisotopic (exact) mass is 294 g/mol. The summed E-state index contributed by atoms with van der Waals surface area (Å²) in [7, 11) is 0. The van der Waals surface area contributed by atoms with E-state index in [4.69, 9.17) is 6.42 Å². The van der Waals surface area contributed by atoms with Crippen LogP contribution >= 0.6 is 0 Å². The third-order valence-electron chi connectivity index (χ3n) is 4.73. The Balaban J connectivity index is 1.52. The average molecular weight is 294 g/mol. The molecule has 5 heteroatoms. The number of hydrogen-bond donors (Lipinski definition) is 1. The molecule has 2 bridgehead atoms. The van der Waals surface area contributed by atoms with E-state index in [2.05, 4.69) is 21.1 Å². The molecule has 2 aromatic rings. The molecule has 22 heavy (non-hydrogen) atoms. The van der Waals surface area contributed by atoms with Gasteiger partial charge in [0.25, 0.3) is 5.91 Å². The number of fused-ring (bicyclic) bond motifs is 3. The number of carbonyl (C=O) groups excluding carboxylic acids is 1. The van der Waals surface area contributed by atoms with Crippen LogP contribution in [0, 0.1) is 18.3 Å². The van der Waals surface area contributed by atoms with E-state index in [1.165, 1.54) is 19.5 Å². The minimum Gasteiger partial charge on any atom is -0.347 e. The lowest BCUT2D eigenvalue weighted by Crippen LogP contribution is -2.47. The molecule has 0 spiro atoms. The quantitative estimate of drug-likeness (QED) is 0.845. The van der Waals surface area contributed by atoms with Crippen molar-refractivity contribution in [2.75, 3.05) is 19.6 Å². The molecular weight excluding hydrogens is 276 g/mol.